The van der Waals surface area contributed by atoms with Crippen LogP contribution in [0.15, 0.2) is 84.9 Å². The van der Waals surface area contributed by atoms with Crippen molar-refractivity contribution in [2.75, 3.05) is 24.9 Å². The highest BCUT2D eigenvalue weighted by atomic mass is 16.5. The molecular formula is C26H22N2O4. The minimum atomic E-state index is -0.342. The topological polar surface area (TPSA) is 76.7 Å². The fourth-order valence-electron chi connectivity index (χ4n) is 3.49. The fourth-order valence-corrected chi connectivity index (χ4v) is 3.49. The summed E-state index contributed by atoms with van der Waals surface area (Å²) in [4.78, 5) is 26.0. The van der Waals surface area contributed by atoms with Crippen molar-refractivity contribution in [3.8, 4) is 11.5 Å². The van der Waals surface area contributed by atoms with Crippen LogP contribution in [0.5, 0.6) is 11.5 Å². The average Bonchev–Trinajstić information content (AvgIpc) is 2.84. The second-order valence-electron chi connectivity index (χ2n) is 7.05. The van der Waals surface area contributed by atoms with E-state index in [4.69, 9.17) is 9.47 Å². The van der Waals surface area contributed by atoms with Crippen LogP contribution >= 0.6 is 0 Å². The van der Waals surface area contributed by atoms with Crippen LogP contribution in [-0.2, 0) is 0 Å². The number of carbonyl (C=O) groups is 2. The lowest BCUT2D eigenvalue weighted by atomic mass is 10.1. The molecule has 6 heteroatoms. The van der Waals surface area contributed by atoms with Crippen LogP contribution in [0, 0.1) is 0 Å². The molecule has 32 heavy (non-hydrogen) atoms. The standard InChI is InChI=1S/C26H22N2O4/c1-31-23-13-7-5-11-19(23)25(29)27-21-15-17-9-3-4-10-18(17)16-22(21)28-26(30)20-12-6-8-14-24(20)32-2/h3-16H,1-2H3,(H,27,29)(H,28,30). The van der Waals surface area contributed by atoms with Gasteiger partial charge in [-0.25, -0.2) is 0 Å². The van der Waals surface area contributed by atoms with Gasteiger partial charge in [0.15, 0.2) is 0 Å². The summed E-state index contributed by atoms with van der Waals surface area (Å²) >= 11 is 0. The van der Waals surface area contributed by atoms with Crippen LogP contribution in [0.4, 0.5) is 11.4 Å². The molecule has 0 aliphatic carbocycles. The molecule has 4 rings (SSSR count). The van der Waals surface area contributed by atoms with Crippen LogP contribution in [0.2, 0.25) is 0 Å². The number of hydrogen-bond donors (Lipinski definition) is 2. The summed E-state index contributed by atoms with van der Waals surface area (Å²) in [5.41, 5.74) is 1.74. The summed E-state index contributed by atoms with van der Waals surface area (Å²) in [6.45, 7) is 0. The Morgan fingerprint density at radius 3 is 1.38 bits per heavy atom. The Hall–Kier alpha value is -4.32. The molecule has 4 aromatic rings. The van der Waals surface area contributed by atoms with E-state index >= 15 is 0 Å². The molecule has 0 unspecified atom stereocenters. The highest BCUT2D eigenvalue weighted by Gasteiger charge is 2.17. The number of nitrogens with one attached hydrogen (secondary N) is 2. The number of amides is 2. The zero-order valence-corrected chi connectivity index (χ0v) is 17.7. The molecular weight excluding hydrogens is 404 g/mol. The highest BCUT2D eigenvalue weighted by molar-refractivity contribution is 6.13. The summed E-state index contributed by atoms with van der Waals surface area (Å²) in [5, 5.41) is 7.69. The van der Waals surface area contributed by atoms with Gasteiger partial charge in [-0.1, -0.05) is 48.5 Å². The van der Waals surface area contributed by atoms with Gasteiger partial charge >= 0.3 is 0 Å². The van der Waals surface area contributed by atoms with Crippen molar-refractivity contribution in [3.05, 3.63) is 96.1 Å². The predicted octanol–water partition coefficient (Wildman–Crippen LogP) is 5.36. The number of fused-ring (bicyclic) bond motifs is 1. The molecule has 0 radical (unpaired) electrons. The Morgan fingerprint density at radius 2 is 0.969 bits per heavy atom. The third-order valence-corrected chi connectivity index (χ3v) is 5.09. The molecule has 6 nitrogen and oxygen atoms in total. The predicted molar refractivity (Wildman–Crippen MR) is 126 cm³/mol. The van der Waals surface area contributed by atoms with Gasteiger partial charge in [0.05, 0.1) is 36.7 Å². The molecule has 0 atom stereocenters. The Balaban J connectivity index is 1.72. The largest absolute Gasteiger partial charge is 0.496 e. The highest BCUT2D eigenvalue weighted by Crippen LogP contribution is 2.31. The van der Waals surface area contributed by atoms with E-state index in [2.05, 4.69) is 10.6 Å². The van der Waals surface area contributed by atoms with Crippen molar-refractivity contribution in [1.82, 2.24) is 0 Å². The normalized spacial score (nSPS) is 10.4. The van der Waals surface area contributed by atoms with E-state index < -0.39 is 0 Å². The van der Waals surface area contributed by atoms with Crippen LogP contribution in [0.1, 0.15) is 20.7 Å². The first-order valence-electron chi connectivity index (χ1n) is 10.0. The third kappa shape index (κ3) is 4.25. The molecule has 2 amide bonds. The van der Waals surface area contributed by atoms with E-state index in [1.807, 2.05) is 36.4 Å². The molecule has 0 aromatic heterocycles. The molecule has 0 aliphatic heterocycles. The van der Waals surface area contributed by atoms with Gasteiger partial charge in [-0.2, -0.15) is 0 Å². The lowest BCUT2D eigenvalue weighted by Gasteiger charge is -2.16. The number of carbonyl (C=O) groups excluding carboxylic acids is 2. The molecule has 0 heterocycles. The van der Waals surface area contributed by atoms with Gasteiger partial charge in [-0.15, -0.1) is 0 Å². The first-order chi connectivity index (χ1) is 15.6. The van der Waals surface area contributed by atoms with Crippen LogP contribution in [0.25, 0.3) is 10.8 Å². The maximum atomic E-state index is 13.0. The Labute approximate surface area is 185 Å². The molecule has 0 saturated carbocycles. The Morgan fingerprint density at radius 1 is 0.594 bits per heavy atom. The van der Waals surface area contributed by atoms with Gasteiger partial charge in [0.1, 0.15) is 11.5 Å². The molecule has 0 spiro atoms. The lowest BCUT2D eigenvalue weighted by Crippen LogP contribution is -2.18. The number of hydrogen-bond acceptors (Lipinski definition) is 4. The second kappa shape index (κ2) is 9.22. The SMILES string of the molecule is COc1ccccc1C(=O)Nc1cc2ccccc2cc1NC(=O)c1ccccc1OC. The zero-order valence-electron chi connectivity index (χ0n) is 17.7. The van der Waals surface area contributed by atoms with Crippen molar-refractivity contribution < 1.29 is 19.1 Å². The molecule has 0 bridgehead atoms. The molecule has 160 valence electrons. The van der Waals surface area contributed by atoms with Gasteiger partial charge < -0.3 is 20.1 Å². The Kier molecular flexibility index (Phi) is 6.03. The van der Waals surface area contributed by atoms with E-state index in [0.29, 0.717) is 34.0 Å². The monoisotopic (exact) mass is 426 g/mol. The molecule has 0 saturated heterocycles. The quantitative estimate of drug-likeness (QED) is 0.435. The maximum Gasteiger partial charge on any atom is 0.259 e. The molecule has 0 aliphatic rings. The van der Waals surface area contributed by atoms with Gasteiger partial charge in [0.25, 0.3) is 11.8 Å². The maximum absolute atomic E-state index is 13.0. The number of ether oxygens (including phenoxy) is 2. The first-order valence-corrected chi connectivity index (χ1v) is 10.0. The second-order valence-corrected chi connectivity index (χ2v) is 7.05. The molecule has 0 fully saturated rings. The lowest BCUT2D eigenvalue weighted by molar-refractivity contribution is 0.101. The van der Waals surface area contributed by atoms with Crippen molar-refractivity contribution >= 4 is 34.0 Å². The third-order valence-electron chi connectivity index (χ3n) is 5.09. The van der Waals surface area contributed by atoms with Crippen molar-refractivity contribution in [2.45, 2.75) is 0 Å². The van der Waals surface area contributed by atoms with Crippen molar-refractivity contribution in [2.24, 2.45) is 0 Å². The van der Waals surface area contributed by atoms with Gasteiger partial charge in [-0.3, -0.25) is 9.59 Å². The first kappa shape index (κ1) is 20.9. The molecule has 2 N–H and O–H groups in total. The number of para-hydroxylation sites is 2. The average molecular weight is 426 g/mol. The van der Waals surface area contributed by atoms with Gasteiger partial charge in [0, 0.05) is 0 Å². The number of methoxy groups -OCH3 is 2. The summed E-state index contributed by atoms with van der Waals surface area (Å²) in [6.07, 6.45) is 0. The van der Waals surface area contributed by atoms with Gasteiger partial charge in [-0.05, 0) is 47.2 Å². The summed E-state index contributed by atoms with van der Waals surface area (Å²) in [5.74, 6) is 0.242. The van der Waals surface area contributed by atoms with Gasteiger partial charge in [0.2, 0.25) is 0 Å². The minimum absolute atomic E-state index is 0.342. The van der Waals surface area contributed by atoms with Crippen LogP contribution in [-0.4, -0.2) is 26.0 Å². The number of anilines is 2. The van der Waals surface area contributed by atoms with E-state index in [1.165, 1.54) is 14.2 Å². The summed E-state index contributed by atoms with van der Waals surface area (Å²) in [7, 11) is 3.03. The minimum Gasteiger partial charge on any atom is -0.496 e. The summed E-state index contributed by atoms with van der Waals surface area (Å²) in [6, 6.07) is 25.3. The molecule has 4 aromatic carbocycles. The van der Waals surface area contributed by atoms with E-state index in [-0.39, 0.29) is 11.8 Å². The zero-order chi connectivity index (χ0) is 22.5. The van der Waals surface area contributed by atoms with Crippen LogP contribution < -0.4 is 20.1 Å². The van der Waals surface area contributed by atoms with Crippen LogP contribution in [0.3, 0.4) is 0 Å². The van der Waals surface area contributed by atoms with Crippen molar-refractivity contribution in [3.63, 3.8) is 0 Å². The number of rotatable bonds is 6. The summed E-state index contributed by atoms with van der Waals surface area (Å²) < 4.78 is 10.6. The Bertz CT molecular complexity index is 1200. The number of benzene rings is 4. The van der Waals surface area contributed by atoms with E-state index in [1.54, 1.807) is 48.5 Å². The van der Waals surface area contributed by atoms with E-state index in [9.17, 15) is 9.59 Å². The van der Waals surface area contributed by atoms with E-state index in [0.717, 1.165) is 10.8 Å². The van der Waals surface area contributed by atoms with Crippen molar-refractivity contribution in [1.29, 1.82) is 0 Å². The smallest absolute Gasteiger partial charge is 0.259 e. The fraction of sp³-hybridized carbons (Fsp3) is 0.0769.